The maximum Gasteiger partial charge on any atom is 0.410 e. The molecule has 57 heavy (non-hydrogen) atoms. The summed E-state index contributed by atoms with van der Waals surface area (Å²) in [6.07, 6.45) is 1.77. The van der Waals surface area contributed by atoms with Gasteiger partial charge in [-0.25, -0.2) is 9.78 Å². The molecule has 4 amide bonds. The fourth-order valence-corrected chi connectivity index (χ4v) is 8.33. The van der Waals surface area contributed by atoms with E-state index in [9.17, 15) is 24.3 Å². The fraction of sp³-hybridized carbons (Fsp3) is 0.659. The maximum absolute atomic E-state index is 14.7. The number of ether oxygens (including phenoxy) is 2. The second-order valence-corrected chi connectivity index (χ2v) is 17.9. The molecule has 0 spiro atoms. The van der Waals surface area contributed by atoms with Gasteiger partial charge >= 0.3 is 6.09 Å². The van der Waals surface area contributed by atoms with Crippen molar-refractivity contribution in [1.29, 1.82) is 0 Å². The van der Waals surface area contributed by atoms with E-state index < -0.39 is 41.8 Å². The van der Waals surface area contributed by atoms with Gasteiger partial charge < -0.3 is 30.1 Å². The van der Waals surface area contributed by atoms with Crippen LogP contribution in [0.5, 0.6) is 0 Å². The Morgan fingerprint density at radius 3 is 2.28 bits per heavy atom. The molecule has 1 aromatic heterocycles. The number of likely N-dealkylation sites (N-methyl/N-ethyl adjacent to an activating group) is 1. The zero-order valence-corrected chi connectivity index (χ0v) is 37.2. The summed E-state index contributed by atoms with van der Waals surface area (Å²) < 4.78 is 11.1. The van der Waals surface area contributed by atoms with E-state index >= 15 is 0 Å². The van der Waals surface area contributed by atoms with Gasteiger partial charge in [-0.15, -0.1) is 11.3 Å². The number of nitrogens with one attached hydrogen (secondary N) is 2. The second kappa shape index (κ2) is 21.2. The van der Waals surface area contributed by atoms with Gasteiger partial charge in [0.1, 0.15) is 34.5 Å². The van der Waals surface area contributed by atoms with Gasteiger partial charge in [0.25, 0.3) is 5.91 Å². The molecule has 0 saturated heterocycles. The molecule has 3 rings (SSSR count). The highest BCUT2D eigenvalue weighted by Crippen LogP contribution is 2.37. The van der Waals surface area contributed by atoms with Crippen LogP contribution in [0.4, 0.5) is 4.79 Å². The van der Waals surface area contributed by atoms with Crippen LogP contribution in [-0.4, -0.2) is 94.2 Å². The summed E-state index contributed by atoms with van der Waals surface area (Å²) in [6, 6.07) is 5.84. The Hall–Kier alpha value is -3.97. The van der Waals surface area contributed by atoms with Gasteiger partial charge in [-0.1, -0.05) is 92.2 Å². The van der Waals surface area contributed by atoms with Gasteiger partial charge in [0.15, 0.2) is 0 Å². The average Bonchev–Trinajstić information content (AvgIpc) is 3.67. The van der Waals surface area contributed by atoms with Gasteiger partial charge in [0.2, 0.25) is 11.8 Å². The Balaban J connectivity index is 1.81. The highest BCUT2D eigenvalue weighted by Gasteiger charge is 2.40. The number of aliphatic hydroxyl groups is 1. The third-order valence-corrected chi connectivity index (χ3v) is 12.1. The van der Waals surface area contributed by atoms with Crippen molar-refractivity contribution in [3.8, 4) is 0 Å². The lowest BCUT2D eigenvalue weighted by Crippen LogP contribution is -2.60. The zero-order chi connectivity index (χ0) is 42.8. The lowest BCUT2D eigenvalue weighted by atomic mass is 9.79. The first-order valence-corrected chi connectivity index (χ1v) is 21.5. The number of hydrogen-bond acceptors (Lipinski definition) is 9. The quantitative estimate of drug-likeness (QED) is 0.123. The predicted octanol–water partition coefficient (Wildman–Crippen LogP) is 7.63. The van der Waals surface area contributed by atoms with Crippen LogP contribution in [0.2, 0.25) is 0 Å². The van der Waals surface area contributed by atoms with Crippen molar-refractivity contribution in [1.82, 2.24) is 25.4 Å². The number of methoxy groups -OCH3 is 1. The summed E-state index contributed by atoms with van der Waals surface area (Å²) in [5.41, 5.74) is 1.78. The first-order valence-electron chi connectivity index (χ1n) is 20.6. The van der Waals surface area contributed by atoms with E-state index in [1.54, 1.807) is 45.2 Å². The van der Waals surface area contributed by atoms with Crippen molar-refractivity contribution in [3.05, 3.63) is 63.8 Å². The van der Waals surface area contributed by atoms with E-state index in [4.69, 9.17) is 9.47 Å². The number of hydrogen-bond donors (Lipinski definition) is 3. The number of carbonyl (C=O) groups excluding carboxylic acids is 4. The molecule has 0 saturated carbocycles. The number of amides is 4. The van der Waals surface area contributed by atoms with E-state index in [0.29, 0.717) is 49.4 Å². The number of rotatable bonds is 19. The topological polar surface area (TPSA) is 150 Å². The van der Waals surface area contributed by atoms with Crippen LogP contribution in [0.3, 0.4) is 0 Å². The lowest BCUT2D eigenvalue weighted by Gasteiger charge is -2.40. The van der Waals surface area contributed by atoms with E-state index in [2.05, 4.69) is 34.3 Å². The minimum absolute atomic E-state index is 0.0482. The van der Waals surface area contributed by atoms with Crippen LogP contribution in [0.15, 0.2) is 42.0 Å². The van der Waals surface area contributed by atoms with E-state index in [1.807, 2.05) is 60.6 Å². The summed E-state index contributed by atoms with van der Waals surface area (Å²) in [5.74, 6) is -0.862. The molecule has 318 valence electrons. The zero-order valence-electron chi connectivity index (χ0n) is 36.4. The average molecular weight is 812 g/mol. The number of nitrogens with zero attached hydrogens (tertiary/aromatic N) is 3. The fourth-order valence-electron chi connectivity index (χ4n) is 7.54. The SMILES string of the molecule is C=C(OC)C1CC(NC(=O)c2csc(C(O)CC(C(C)C)N(CCC)C(=O)C(NC(=O)C(C(C)CC)N(C)C(=O)OC(C)(C)C)C(C)CC)n2)Cc2ccccc21. The van der Waals surface area contributed by atoms with Crippen LogP contribution in [0, 0.1) is 17.8 Å². The Morgan fingerprint density at radius 2 is 1.70 bits per heavy atom. The molecule has 3 N–H and O–H groups in total. The van der Waals surface area contributed by atoms with E-state index in [1.165, 1.54) is 16.2 Å². The molecule has 13 heteroatoms. The number of fused-ring (bicyclic) bond motifs is 1. The first kappa shape index (κ1) is 47.4. The molecule has 0 radical (unpaired) electrons. The molecule has 8 atom stereocenters. The molecule has 1 heterocycles. The molecule has 0 fully saturated rings. The molecule has 1 aromatic carbocycles. The summed E-state index contributed by atoms with van der Waals surface area (Å²) in [7, 11) is 3.17. The number of aromatic nitrogens is 1. The predicted molar refractivity (Wildman–Crippen MR) is 226 cm³/mol. The standard InChI is InChI=1S/C44H69N5O7S/c1-14-21-49(42(53)37(27(6)15-2)47-40(52)38(28(7)16-3)48(12)43(54)56-44(9,10)11)35(26(4)5)24-36(50)41-46-34(25-57-41)39(51)45-31-22-30-19-17-18-20-32(30)33(23-31)29(8)55-13/h17-20,25-28,31,33,35-38,50H,8,14-16,21-24H2,1-7,9-13H3,(H,45,51)(H,47,52). The van der Waals surface area contributed by atoms with Crippen LogP contribution in [0.25, 0.3) is 0 Å². The first-order chi connectivity index (χ1) is 26.8. The van der Waals surface area contributed by atoms with Crippen LogP contribution >= 0.6 is 11.3 Å². The minimum Gasteiger partial charge on any atom is -0.501 e. The van der Waals surface area contributed by atoms with Crippen molar-refractivity contribution in [2.45, 2.75) is 150 Å². The van der Waals surface area contributed by atoms with Crippen molar-refractivity contribution >= 4 is 35.2 Å². The normalized spacial score (nSPS) is 18.6. The molecule has 8 unspecified atom stereocenters. The smallest absolute Gasteiger partial charge is 0.410 e. The van der Waals surface area contributed by atoms with Crippen molar-refractivity contribution in [2.75, 3.05) is 20.7 Å². The summed E-state index contributed by atoms with van der Waals surface area (Å²) in [6.45, 7) is 23.6. The number of carbonyl (C=O) groups is 4. The number of benzene rings is 1. The van der Waals surface area contributed by atoms with E-state index in [-0.39, 0.29) is 53.6 Å². The van der Waals surface area contributed by atoms with Gasteiger partial charge in [-0.05, 0) is 68.9 Å². The molecular formula is C44H69N5O7S. The Labute approximate surface area is 345 Å². The van der Waals surface area contributed by atoms with Crippen molar-refractivity contribution in [3.63, 3.8) is 0 Å². The Kier molecular flexibility index (Phi) is 17.6. The van der Waals surface area contributed by atoms with Gasteiger partial charge in [-0.3, -0.25) is 19.3 Å². The highest BCUT2D eigenvalue weighted by molar-refractivity contribution is 7.09. The van der Waals surface area contributed by atoms with E-state index in [0.717, 1.165) is 11.1 Å². The molecule has 2 aromatic rings. The van der Waals surface area contributed by atoms with Crippen LogP contribution in [-0.2, 0) is 25.5 Å². The number of allylic oxidation sites excluding steroid dienone is 1. The minimum atomic E-state index is -1.04. The second-order valence-electron chi connectivity index (χ2n) is 17.0. The summed E-state index contributed by atoms with van der Waals surface area (Å²) in [5, 5.41) is 19.9. The van der Waals surface area contributed by atoms with Gasteiger partial charge in [0, 0.05) is 43.4 Å². The number of thiazole rings is 1. The van der Waals surface area contributed by atoms with Crippen LogP contribution < -0.4 is 10.6 Å². The molecule has 0 aliphatic heterocycles. The Morgan fingerprint density at radius 1 is 1.05 bits per heavy atom. The molecule has 0 bridgehead atoms. The summed E-state index contributed by atoms with van der Waals surface area (Å²) in [4.78, 5) is 63.1. The molecule has 1 aliphatic carbocycles. The largest absolute Gasteiger partial charge is 0.501 e. The summed E-state index contributed by atoms with van der Waals surface area (Å²) >= 11 is 1.21. The van der Waals surface area contributed by atoms with Crippen molar-refractivity contribution < 1.29 is 33.8 Å². The molecule has 12 nitrogen and oxygen atoms in total. The monoisotopic (exact) mass is 811 g/mol. The van der Waals surface area contributed by atoms with Crippen LogP contribution in [0.1, 0.15) is 140 Å². The van der Waals surface area contributed by atoms with Gasteiger partial charge in [0.05, 0.1) is 12.9 Å². The number of aliphatic hydroxyl groups excluding tert-OH is 1. The Bertz CT molecular complexity index is 1670. The van der Waals surface area contributed by atoms with Crippen molar-refractivity contribution in [2.24, 2.45) is 17.8 Å². The maximum atomic E-state index is 14.7. The molecule has 1 aliphatic rings. The van der Waals surface area contributed by atoms with Gasteiger partial charge in [-0.2, -0.15) is 0 Å². The molecular weight excluding hydrogens is 743 g/mol. The third-order valence-electron chi connectivity index (χ3n) is 11.2. The third kappa shape index (κ3) is 12.5. The lowest BCUT2D eigenvalue weighted by molar-refractivity contribution is -0.143. The highest BCUT2D eigenvalue weighted by atomic mass is 32.1.